The Kier molecular flexibility index (Phi) is 4.62. The molecule has 0 aromatic heterocycles. The quantitative estimate of drug-likeness (QED) is 0.602. The van der Waals surface area contributed by atoms with Gasteiger partial charge in [0.05, 0.1) is 0 Å². The van der Waals surface area contributed by atoms with Crippen LogP contribution in [0.4, 0.5) is 0 Å². The summed E-state index contributed by atoms with van der Waals surface area (Å²) in [5.41, 5.74) is 1.96. The highest BCUT2D eigenvalue weighted by atomic mass is 32.2. The lowest BCUT2D eigenvalue weighted by molar-refractivity contribution is -0.437. The molecule has 5 aliphatic rings. The number of rotatable bonds is 3. The average molecular weight is 405 g/mol. The molecule has 1 heterocycles. The molecule has 0 amide bonds. The molecule has 3 saturated carbocycles. The van der Waals surface area contributed by atoms with Crippen molar-refractivity contribution in [2.24, 2.45) is 28.6 Å². The number of hydrogen-bond donors (Lipinski definition) is 0. The van der Waals surface area contributed by atoms with Crippen LogP contribution in [0, 0.1) is 28.6 Å². The van der Waals surface area contributed by atoms with Gasteiger partial charge in [-0.25, -0.2) is 0 Å². The van der Waals surface area contributed by atoms with Gasteiger partial charge in [0.2, 0.25) is 11.6 Å². The molecule has 1 aliphatic heterocycles. The molecule has 28 heavy (non-hydrogen) atoms. The molecule has 1 saturated heterocycles. The summed E-state index contributed by atoms with van der Waals surface area (Å²) in [7, 11) is 0. The smallest absolute Gasteiger partial charge is 0.238 e. The minimum Gasteiger partial charge on any atom is -0.313 e. The summed E-state index contributed by atoms with van der Waals surface area (Å²) in [5, 5.41) is 0.829. The van der Waals surface area contributed by atoms with Crippen LogP contribution in [-0.4, -0.2) is 29.4 Å². The van der Waals surface area contributed by atoms with Crippen LogP contribution in [-0.2, 0) is 14.3 Å². The molecule has 156 valence electrons. The van der Waals surface area contributed by atoms with Crippen LogP contribution >= 0.6 is 11.8 Å². The van der Waals surface area contributed by atoms with E-state index in [1.54, 1.807) is 0 Å². The van der Waals surface area contributed by atoms with E-state index in [0.29, 0.717) is 11.3 Å². The minimum absolute atomic E-state index is 0.0623. The highest BCUT2D eigenvalue weighted by molar-refractivity contribution is 7.99. The van der Waals surface area contributed by atoms with Crippen LogP contribution < -0.4 is 0 Å². The second-order valence-electron chi connectivity index (χ2n) is 10.6. The molecular formula is C24H36O3S. The number of allylic oxidation sites excluding steroid dienone is 1. The summed E-state index contributed by atoms with van der Waals surface area (Å²) in [4.78, 5) is 12.9. The van der Waals surface area contributed by atoms with E-state index in [0.717, 1.165) is 42.8 Å². The third-order valence-electron chi connectivity index (χ3n) is 9.38. The van der Waals surface area contributed by atoms with E-state index in [9.17, 15) is 4.79 Å². The summed E-state index contributed by atoms with van der Waals surface area (Å²) in [6, 6.07) is 0. The maximum atomic E-state index is 12.9. The molecule has 0 aromatic rings. The van der Waals surface area contributed by atoms with E-state index in [4.69, 9.17) is 9.47 Å². The van der Waals surface area contributed by atoms with Gasteiger partial charge in [0, 0.05) is 11.7 Å². The normalized spacial score (nSPS) is 52.5. The first-order valence-electron chi connectivity index (χ1n) is 11.5. The molecule has 5 rings (SSSR count). The van der Waals surface area contributed by atoms with Gasteiger partial charge in [0.25, 0.3) is 0 Å². The van der Waals surface area contributed by atoms with Gasteiger partial charge in [-0.05, 0) is 85.9 Å². The van der Waals surface area contributed by atoms with E-state index < -0.39 is 5.79 Å². The first kappa shape index (κ1) is 19.6. The number of carbonyl (C=O) groups is 1. The average Bonchev–Trinajstić information content (AvgIpc) is 2.98. The van der Waals surface area contributed by atoms with E-state index in [1.165, 1.54) is 37.7 Å². The standard InChI is InChI=1S/C24H36O3S/c1-5-6-21-26-24(27-21)14-23(3)15(13-19(24)25)7-8-16-17-9-10-20(28-4)22(17,2)12-11-18(16)23/h13,16-18,20-21H,5-12,14H2,1-4H3/t16-,17-,18-,20+,21?,22-,23-,24?/m0/s1. The molecule has 0 aromatic carbocycles. The summed E-state index contributed by atoms with van der Waals surface area (Å²) in [6.07, 6.45) is 14.5. The SMILES string of the molecule is CCCC1OC2(C[C@@]3(C)C(=CC2=O)CC[C@H]2[C@@H]4CC[C@@H](SC)[C@@]4(C)CC[C@@H]23)O1. The molecule has 1 spiro atoms. The van der Waals surface area contributed by atoms with Crippen molar-refractivity contribution in [3.63, 3.8) is 0 Å². The second-order valence-corrected chi connectivity index (χ2v) is 11.6. The summed E-state index contributed by atoms with van der Waals surface area (Å²) in [6.45, 7) is 7.14. The zero-order valence-electron chi connectivity index (χ0n) is 18.0. The fourth-order valence-corrected chi connectivity index (χ4v) is 9.18. The van der Waals surface area contributed by atoms with Gasteiger partial charge in [-0.1, -0.05) is 32.8 Å². The van der Waals surface area contributed by atoms with E-state index in [2.05, 4.69) is 38.8 Å². The van der Waals surface area contributed by atoms with E-state index >= 15 is 0 Å². The van der Waals surface area contributed by atoms with Gasteiger partial charge in [0.1, 0.15) is 0 Å². The predicted octanol–water partition coefficient (Wildman–Crippen LogP) is 5.73. The fraction of sp³-hybridized carbons (Fsp3) is 0.875. The number of thioether (sulfide) groups is 1. The zero-order valence-corrected chi connectivity index (χ0v) is 18.8. The number of carbonyl (C=O) groups excluding carboxylic acids is 1. The van der Waals surface area contributed by atoms with Crippen molar-refractivity contribution in [1.29, 1.82) is 0 Å². The van der Waals surface area contributed by atoms with Crippen molar-refractivity contribution in [2.45, 2.75) is 95.9 Å². The van der Waals surface area contributed by atoms with Gasteiger partial charge < -0.3 is 9.47 Å². The lowest BCUT2D eigenvalue weighted by Gasteiger charge is -2.61. The molecule has 0 N–H and O–H groups in total. The Morgan fingerprint density at radius 1 is 1.14 bits per heavy atom. The van der Waals surface area contributed by atoms with Crippen LogP contribution in [0.2, 0.25) is 0 Å². The molecule has 0 bridgehead atoms. The van der Waals surface area contributed by atoms with Gasteiger partial charge >= 0.3 is 0 Å². The Morgan fingerprint density at radius 3 is 2.64 bits per heavy atom. The van der Waals surface area contributed by atoms with Crippen molar-refractivity contribution >= 4 is 17.5 Å². The highest BCUT2D eigenvalue weighted by Crippen LogP contribution is 2.67. The third-order valence-corrected chi connectivity index (χ3v) is 10.7. The van der Waals surface area contributed by atoms with E-state index in [1.807, 2.05) is 6.08 Å². The topological polar surface area (TPSA) is 35.5 Å². The van der Waals surface area contributed by atoms with Crippen molar-refractivity contribution in [2.75, 3.05) is 6.26 Å². The molecular weight excluding hydrogens is 368 g/mol. The van der Waals surface area contributed by atoms with Gasteiger partial charge in [-0.15, -0.1) is 0 Å². The lowest BCUT2D eigenvalue weighted by Crippen LogP contribution is -2.64. The Morgan fingerprint density at radius 2 is 1.93 bits per heavy atom. The van der Waals surface area contributed by atoms with Gasteiger partial charge in [-0.3, -0.25) is 4.79 Å². The maximum Gasteiger partial charge on any atom is 0.238 e. The zero-order chi connectivity index (χ0) is 19.7. The molecule has 4 aliphatic carbocycles. The van der Waals surface area contributed by atoms with Crippen LogP contribution in [0.15, 0.2) is 11.6 Å². The predicted molar refractivity (Wildman–Crippen MR) is 113 cm³/mol. The number of hydrogen-bond acceptors (Lipinski definition) is 4. The molecule has 3 nitrogen and oxygen atoms in total. The number of fused-ring (bicyclic) bond motifs is 5. The fourth-order valence-electron chi connectivity index (χ4n) is 7.97. The minimum atomic E-state index is -0.974. The highest BCUT2D eigenvalue weighted by Gasteiger charge is 2.64. The van der Waals surface area contributed by atoms with Gasteiger partial charge in [0.15, 0.2) is 6.29 Å². The Balaban J connectivity index is 1.43. The molecule has 0 unspecified atom stereocenters. The van der Waals surface area contributed by atoms with Crippen LogP contribution in [0.5, 0.6) is 0 Å². The first-order valence-corrected chi connectivity index (χ1v) is 12.8. The molecule has 0 radical (unpaired) electrons. The summed E-state index contributed by atoms with van der Waals surface area (Å²) >= 11 is 2.10. The maximum absolute atomic E-state index is 12.9. The van der Waals surface area contributed by atoms with Gasteiger partial charge in [-0.2, -0.15) is 11.8 Å². The van der Waals surface area contributed by atoms with E-state index in [-0.39, 0.29) is 17.5 Å². The van der Waals surface area contributed by atoms with Crippen LogP contribution in [0.3, 0.4) is 0 Å². The van der Waals surface area contributed by atoms with Crippen molar-refractivity contribution in [1.82, 2.24) is 0 Å². The number of ketones is 1. The van der Waals surface area contributed by atoms with Crippen LogP contribution in [0.1, 0.15) is 78.6 Å². The monoisotopic (exact) mass is 404 g/mol. The van der Waals surface area contributed by atoms with Crippen molar-refractivity contribution < 1.29 is 14.3 Å². The second kappa shape index (κ2) is 6.59. The summed E-state index contributed by atoms with van der Waals surface area (Å²) < 4.78 is 12.3. The Bertz CT molecular complexity index is 696. The summed E-state index contributed by atoms with van der Waals surface area (Å²) in [5.74, 6) is 1.42. The first-order chi connectivity index (χ1) is 13.4. The Labute approximate surface area is 174 Å². The molecule has 4 heteroatoms. The van der Waals surface area contributed by atoms with Crippen molar-refractivity contribution in [3.05, 3.63) is 11.6 Å². The van der Waals surface area contributed by atoms with Crippen molar-refractivity contribution in [3.8, 4) is 0 Å². The lowest BCUT2D eigenvalue weighted by atomic mass is 9.47. The molecule has 6 atom stereocenters. The van der Waals surface area contributed by atoms with Crippen LogP contribution in [0.25, 0.3) is 0 Å². The number of ether oxygens (including phenoxy) is 2. The third kappa shape index (κ3) is 2.53. The molecule has 4 fully saturated rings. The Hall–Kier alpha value is -0.320. The largest absolute Gasteiger partial charge is 0.313 e.